The maximum Gasteiger partial charge on any atom is 0.222 e. The summed E-state index contributed by atoms with van der Waals surface area (Å²) >= 11 is 0. The monoisotopic (exact) mass is 368 g/mol. The molecular weight excluding hydrogens is 340 g/mol. The molecule has 0 aliphatic carbocycles. The molecule has 3 rings (SSSR count). The molecule has 1 aromatic carbocycles. The number of carbonyl (C=O) groups is 1. The Kier molecular flexibility index (Phi) is 6.90. The molecule has 2 aromatic rings. The number of amides is 1. The van der Waals surface area contributed by atoms with Gasteiger partial charge in [0.1, 0.15) is 12.3 Å². The van der Waals surface area contributed by atoms with E-state index < -0.39 is 0 Å². The van der Waals surface area contributed by atoms with Crippen molar-refractivity contribution in [3.63, 3.8) is 0 Å². The first-order valence-corrected chi connectivity index (χ1v) is 9.65. The number of hydrogen-bond acceptors (Lipinski definition) is 3. The van der Waals surface area contributed by atoms with E-state index >= 15 is 0 Å². The molecule has 0 spiro atoms. The molecule has 6 nitrogen and oxygen atoms in total. The van der Waals surface area contributed by atoms with Gasteiger partial charge in [-0.1, -0.05) is 24.3 Å². The summed E-state index contributed by atoms with van der Waals surface area (Å²) in [6.07, 6.45) is 3.93. The molecule has 0 fully saturated rings. The van der Waals surface area contributed by atoms with Crippen molar-refractivity contribution in [2.24, 2.45) is 4.99 Å². The van der Waals surface area contributed by atoms with Gasteiger partial charge in [-0.25, -0.2) is 4.99 Å². The lowest BCUT2D eigenvalue weighted by atomic mass is 9.99. The van der Waals surface area contributed by atoms with Gasteiger partial charge >= 0.3 is 0 Å². The molecule has 144 valence electrons. The normalized spacial score (nSPS) is 14.0. The van der Waals surface area contributed by atoms with Gasteiger partial charge < -0.3 is 20.0 Å². The average Bonchev–Trinajstić information content (AvgIpc) is 3.22. The number of furan rings is 1. The van der Waals surface area contributed by atoms with Crippen molar-refractivity contribution in [3.05, 3.63) is 59.5 Å². The van der Waals surface area contributed by atoms with Crippen LogP contribution in [0.1, 0.15) is 36.7 Å². The Balaban J connectivity index is 1.40. The van der Waals surface area contributed by atoms with E-state index in [0.717, 1.165) is 44.2 Å². The summed E-state index contributed by atoms with van der Waals surface area (Å²) in [4.78, 5) is 19.0. The number of rotatable bonds is 7. The quantitative estimate of drug-likeness (QED) is 0.448. The Morgan fingerprint density at radius 1 is 1.19 bits per heavy atom. The van der Waals surface area contributed by atoms with Crippen LogP contribution in [0.3, 0.4) is 0 Å². The second-order valence-electron chi connectivity index (χ2n) is 6.64. The lowest BCUT2D eigenvalue weighted by molar-refractivity contribution is -0.132. The maximum atomic E-state index is 12.5. The van der Waals surface area contributed by atoms with E-state index in [-0.39, 0.29) is 5.91 Å². The van der Waals surface area contributed by atoms with Crippen LogP contribution in [0.25, 0.3) is 0 Å². The molecule has 0 saturated carbocycles. The van der Waals surface area contributed by atoms with Gasteiger partial charge in [-0.3, -0.25) is 4.79 Å². The molecule has 1 aromatic heterocycles. The van der Waals surface area contributed by atoms with Crippen LogP contribution < -0.4 is 10.6 Å². The van der Waals surface area contributed by atoms with Crippen LogP contribution >= 0.6 is 0 Å². The van der Waals surface area contributed by atoms with Gasteiger partial charge in [0.05, 0.1) is 6.26 Å². The number of carbonyl (C=O) groups excluding carboxylic acids is 1. The minimum Gasteiger partial charge on any atom is -0.467 e. The average molecular weight is 368 g/mol. The molecular formula is C21H28N4O2. The SMILES string of the molecule is CCNC(=NCc1ccco1)NCCCC(=O)N1CCc2ccccc2C1. The van der Waals surface area contributed by atoms with Crippen molar-refractivity contribution in [1.82, 2.24) is 15.5 Å². The minimum absolute atomic E-state index is 0.226. The van der Waals surface area contributed by atoms with E-state index in [1.165, 1.54) is 11.1 Å². The fourth-order valence-electron chi connectivity index (χ4n) is 3.21. The van der Waals surface area contributed by atoms with Gasteiger partial charge in [0.2, 0.25) is 5.91 Å². The summed E-state index contributed by atoms with van der Waals surface area (Å²) in [5, 5.41) is 6.49. The highest BCUT2D eigenvalue weighted by molar-refractivity contribution is 5.80. The summed E-state index contributed by atoms with van der Waals surface area (Å²) in [7, 11) is 0. The van der Waals surface area contributed by atoms with Crippen molar-refractivity contribution >= 4 is 11.9 Å². The molecule has 0 radical (unpaired) electrons. The lowest BCUT2D eigenvalue weighted by Gasteiger charge is -2.29. The molecule has 0 atom stereocenters. The van der Waals surface area contributed by atoms with Crippen LogP contribution in [0.2, 0.25) is 0 Å². The highest BCUT2D eigenvalue weighted by Gasteiger charge is 2.19. The molecule has 0 saturated heterocycles. The maximum absolute atomic E-state index is 12.5. The van der Waals surface area contributed by atoms with Crippen LogP contribution in [-0.2, 0) is 24.3 Å². The van der Waals surface area contributed by atoms with Gasteiger partial charge in [0, 0.05) is 32.6 Å². The highest BCUT2D eigenvalue weighted by Crippen LogP contribution is 2.19. The predicted octanol–water partition coefficient (Wildman–Crippen LogP) is 2.70. The third-order valence-electron chi connectivity index (χ3n) is 4.66. The number of guanidine groups is 1. The third-order valence-corrected chi connectivity index (χ3v) is 4.66. The lowest BCUT2D eigenvalue weighted by Crippen LogP contribution is -2.39. The van der Waals surface area contributed by atoms with E-state index in [0.29, 0.717) is 19.5 Å². The zero-order valence-electron chi connectivity index (χ0n) is 15.9. The Labute approximate surface area is 160 Å². The van der Waals surface area contributed by atoms with Crippen molar-refractivity contribution in [1.29, 1.82) is 0 Å². The first kappa shape index (κ1) is 19.0. The van der Waals surface area contributed by atoms with Gasteiger partial charge in [-0.15, -0.1) is 0 Å². The Hall–Kier alpha value is -2.76. The predicted molar refractivity (Wildman–Crippen MR) is 106 cm³/mol. The summed E-state index contributed by atoms with van der Waals surface area (Å²) in [5.41, 5.74) is 2.64. The minimum atomic E-state index is 0.226. The topological polar surface area (TPSA) is 69.9 Å². The van der Waals surface area contributed by atoms with Gasteiger partial charge in [0.25, 0.3) is 0 Å². The van der Waals surface area contributed by atoms with Crippen molar-refractivity contribution in [2.45, 2.75) is 39.3 Å². The molecule has 0 unspecified atom stereocenters. The molecule has 2 N–H and O–H groups in total. The number of nitrogens with one attached hydrogen (secondary N) is 2. The standard InChI is InChI=1S/C21H28N4O2/c1-2-22-21(24-15-19-9-6-14-27-19)23-12-5-10-20(26)25-13-11-17-7-3-4-8-18(17)16-25/h3-4,6-9,14H,2,5,10-13,15-16H2,1H3,(H2,22,23,24). The fraction of sp³-hybridized carbons (Fsp3) is 0.429. The molecule has 1 amide bonds. The molecule has 27 heavy (non-hydrogen) atoms. The molecule has 6 heteroatoms. The first-order valence-electron chi connectivity index (χ1n) is 9.65. The third kappa shape index (κ3) is 5.61. The molecule has 1 aliphatic heterocycles. The van der Waals surface area contributed by atoms with Crippen molar-refractivity contribution < 1.29 is 9.21 Å². The van der Waals surface area contributed by atoms with Gasteiger partial charge in [0.15, 0.2) is 5.96 Å². The van der Waals surface area contributed by atoms with E-state index in [9.17, 15) is 4.79 Å². The van der Waals surface area contributed by atoms with E-state index in [1.54, 1.807) is 6.26 Å². The van der Waals surface area contributed by atoms with Crippen molar-refractivity contribution in [2.75, 3.05) is 19.6 Å². The Morgan fingerprint density at radius 3 is 2.81 bits per heavy atom. The number of benzene rings is 1. The Bertz CT molecular complexity index is 755. The number of aliphatic imine (C=N–C) groups is 1. The summed E-state index contributed by atoms with van der Waals surface area (Å²) in [5.74, 6) is 1.80. The number of fused-ring (bicyclic) bond motifs is 1. The van der Waals surface area contributed by atoms with Gasteiger partial charge in [-0.05, 0) is 43.0 Å². The molecule has 0 bridgehead atoms. The molecule has 1 aliphatic rings. The summed E-state index contributed by atoms with van der Waals surface area (Å²) in [6.45, 7) is 5.57. The van der Waals surface area contributed by atoms with E-state index in [4.69, 9.17) is 4.42 Å². The largest absolute Gasteiger partial charge is 0.467 e. The zero-order valence-corrected chi connectivity index (χ0v) is 15.9. The smallest absolute Gasteiger partial charge is 0.222 e. The first-order chi connectivity index (χ1) is 13.3. The van der Waals surface area contributed by atoms with Crippen LogP contribution in [0.4, 0.5) is 0 Å². The van der Waals surface area contributed by atoms with Crippen molar-refractivity contribution in [3.8, 4) is 0 Å². The van der Waals surface area contributed by atoms with E-state index in [1.807, 2.05) is 30.0 Å². The van der Waals surface area contributed by atoms with Crippen LogP contribution in [0.5, 0.6) is 0 Å². The zero-order chi connectivity index (χ0) is 18.9. The summed E-state index contributed by atoms with van der Waals surface area (Å²) < 4.78 is 5.30. The Morgan fingerprint density at radius 2 is 2.04 bits per heavy atom. The fourth-order valence-corrected chi connectivity index (χ4v) is 3.21. The molecule has 2 heterocycles. The van der Waals surface area contributed by atoms with Gasteiger partial charge in [-0.2, -0.15) is 0 Å². The van der Waals surface area contributed by atoms with Crippen LogP contribution in [-0.4, -0.2) is 36.4 Å². The second-order valence-corrected chi connectivity index (χ2v) is 6.64. The summed E-state index contributed by atoms with van der Waals surface area (Å²) in [6, 6.07) is 12.1. The number of hydrogen-bond donors (Lipinski definition) is 2. The van der Waals surface area contributed by atoms with E-state index in [2.05, 4.69) is 33.8 Å². The van der Waals surface area contributed by atoms with Crippen LogP contribution in [0.15, 0.2) is 52.1 Å². The highest BCUT2D eigenvalue weighted by atomic mass is 16.3. The number of nitrogens with zero attached hydrogens (tertiary/aromatic N) is 2. The van der Waals surface area contributed by atoms with Crippen LogP contribution in [0, 0.1) is 0 Å². The second kappa shape index (κ2) is 9.80.